The minimum atomic E-state index is -4.83. The zero-order valence-electron chi connectivity index (χ0n) is 22.2. The molecule has 0 fully saturated rings. The standard InChI is InChI=1S/C30H23F3N5O4/c1-19(28-36-27-25(5-3-15-35-27)29(41)38(28)22-8-10-23(39)11-9-22)37(18-21-4-2-14-34-17-21)26(40)16-20-6-12-24(13-7-20)42-30(31,32)33/h2-15,17,19H,16,18H2,1H3/q+1/t19-/m1/s1. The van der Waals surface area contributed by atoms with Crippen molar-refractivity contribution in [1.29, 1.82) is 0 Å². The SMILES string of the molecule is C[C@H](C1=Nc2ncccc2C(=O)[N+]1=C1C=CC(=O)C=C1)N(Cc1cccnc1)C(=O)Cc1ccc(OC(F)(F)F)cc1. The number of aromatic nitrogens is 2. The molecule has 0 radical (unpaired) electrons. The number of benzene rings is 1. The highest BCUT2D eigenvalue weighted by atomic mass is 19.4. The summed E-state index contributed by atoms with van der Waals surface area (Å²) >= 11 is 0. The number of nitrogens with zero attached hydrogens (tertiary/aromatic N) is 5. The van der Waals surface area contributed by atoms with E-state index in [1.807, 2.05) is 0 Å². The van der Waals surface area contributed by atoms with Gasteiger partial charge in [0, 0.05) is 25.1 Å². The molecule has 0 saturated carbocycles. The monoisotopic (exact) mass is 574 g/mol. The first-order chi connectivity index (χ1) is 20.1. The number of alkyl halides is 3. The van der Waals surface area contributed by atoms with E-state index in [-0.39, 0.29) is 41.9 Å². The average Bonchev–Trinajstić information content (AvgIpc) is 2.97. The van der Waals surface area contributed by atoms with Crippen molar-refractivity contribution < 1.29 is 36.9 Å². The van der Waals surface area contributed by atoms with Crippen molar-refractivity contribution in [2.75, 3.05) is 0 Å². The smallest absolute Gasteiger partial charge is 0.406 e. The van der Waals surface area contributed by atoms with Gasteiger partial charge in [-0.3, -0.25) is 14.6 Å². The van der Waals surface area contributed by atoms with Crippen LogP contribution in [0, 0.1) is 0 Å². The highest BCUT2D eigenvalue weighted by Crippen LogP contribution is 2.26. The Bertz CT molecular complexity index is 1640. The van der Waals surface area contributed by atoms with Crippen LogP contribution in [-0.2, 0) is 22.6 Å². The van der Waals surface area contributed by atoms with E-state index in [0.717, 1.165) is 12.1 Å². The van der Waals surface area contributed by atoms with Crippen molar-refractivity contribution in [3.05, 3.63) is 108 Å². The largest absolute Gasteiger partial charge is 0.573 e. The van der Waals surface area contributed by atoms with E-state index in [0.29, 0.717) is 16.8 Å². The molecular formula is C30H23F3N5O4+. The van der Waals surface area contributed by atoms with Crippen LogP contribution in [0.4, 0.5) is 19.0 Å². The fraction of sp³-hybridized carbons (Fsp3) is 0.167. The molecule has 0 spiro atoms. The molecule has 1 aromatic carbocycles. The predicted molar refractivity (Wildman–Crippen MR) is 145 cm³/mol. The summed E-state index contributed by atoms with van der Waals surface area (Å²) in [5, 5.41) is 0. The summed E-state index contributed by atoms with van der Waals surface area (Å²) in [5.74, 6) is -1.06. The first-order valence-electron chi connectivity index (χ1n) is 12.8. The number of ketones is 1. The molecule has 3 aromatic rings. The Kier molecular flexibility index (Phi) is 7.87. The first kappa shape index (κ1) is 28.3. The van der Waals surface area contributed by atoms with E-state index in [1.165, 1.54) is 52.1 Å². The van der Waals surface area contributed by atoms with Gasteiger partial charge in [-0.25, -0.2) is 9.78 Å². The minimum absolute atomic E-state index is 0.0960. The highest BCUT2D eigenvalue weighted by Gasteiger charge is 2.42. The lowest BCUT2D eigenvalue weighted by Crippen LogP contribution is -2.50. The summed E-state index contributed by atoms with van der Waals surface area (Å²) in [4.78, 5) is 53.9. The number of aliphatic imine (C=N–C) groups is 1. The summed E-state index contributed by atoms with van der Waals surface area (Å²) < 4.78 is 43.0. The van der Waals surface area contributed by atoms with Gasteiger partial charge in [-0.2, -0.15) is 4.58 Å². The Hall–Kier alpha value is -5.26. The van der Waals surface area contributed by atoms with E-state index >= 15 is 0 Å². The lowest BCUT2D eigenvalue weighted by molar-refractivity contribution is -0.307. The third-order valence-corrected chi connectivity index (χ3v) is 6.51. The topological polar surface area (TPSA) is 105 Å². The number of halogens is 3. The van der Waals surface area contributed by atoms with Gasteiger partial charge >= 0.3 is 18.1 Å². The second-order valence-electron chi connectivity index (χ2n) is 9.41. The molecule has 212 valence electrons. The summed E-state index contributed by atoms with van der Waals surface area (Å²) in [6.45, 7) is 1.81. The summed E-state index contributed by atoms with van der Waals surface area (Å²) in [6.07, 6.45) is 5.37. The maximum Gasteiger partial charge on any atom is 0.573 e. The van der Waals surface area contributed by atoms with Gasteiger partial charge in [0.15, 0.2) is 5.78 Å². The maximum atomic E-state index is 13.8. The molecule has 5 rings (SSSR count). The molecule has 1 aliphatic carbocycles. The van der Waals surface area contributed by atoms with Crippen molar-refractivity contribution in [3.8, 4) is 5.75 Å². The second kappa shape index (κ2) is 11.7. The van der Waals surface area contributed by atoms with Gasteiger partial charge in [-0.1, -0.05) is 18.2 Å². The molecular weight excluding hydrogens is 551 g/mol. The van der Waals surface area contributed by atoms with E-state index in [2.05, 4.69) is 19.7 Å². The normalized spacial score (nSPS) is 15.3. The molecule has 9 nitrogen and oxygen atoms in total. The third-order valence-electron chi connectivity index (χ3n) is 6.51. The fourth-order valence-electron chi connectivity index (χ4n) is 4.51. The zero-order chi connectivity index (χ0) is 29.9. The lowest BCUT2D eigenvalue weighted by atomic mass is 10.1. The van der Waals surface area contributed by atoms with Crippen molar-refractivity contribution in [3.63, 3.8) is 0 Å². The molecule has 0 unspecified atom stereocenters. The zero-order valence-corrected chi connectivity index (χ0v) is 22.2. The van der Waals surface area contributed by atoms with Crippen molar-refractivity contribution >= 4 is 35.0 Å². The van der Waals surface area contributed by atoms with E-state index < -0.39 is 24.1 Å². The van der Waals surface area contributed by atoms with Crippen LogP contribution >= 0.6 is 0 Å². The molecule has 2 aromatic heterocycles. The quantitative estimate of drug-likeness (QED) is 0.307. The minimum Gasteiger partial charge on any atom is -0.406 e. The summed E-state index contributed by atoms with van der Waals surface area (Å²) in [5.41, 5.74) is 1.80. The number of amides is 2. The van der Waals surface area contributed by atoms with E-state index in [9.17, 15) is 27.6 Å². The van der Waals surface area contributed by atoms with Crippen LogP contribution in [0.15, 0.2) is 96.4 Å². The summed E-state index contributed by atoms with van der Waals surface area (Å²) in [6, 6.07) is 11.0. The molecule has 0 bridgehead atoms. The number of carbonyl (C=O) groups is 3. The number of hydrogen-bond donors (Lipinski definition) is 0. The van der Waals surface area contributed by atoms with Gasteiger partial charge in [0.1, 0.15) is 23.1 Å². The Balaban J connectivity index is 1.53. The second-order valence-corrected chi connectivity index (χ2v) is 9.41. The van der Waals surface area contributed by atoms with Crippen LogP contribution < -0.4 is 4.74 Å². The van der Waals surface area contributed by atoms with Gasteiger partial charge in [0.25, 0.3) is 5.82 Å². The van der Waals surface area contributed by atoms with Crippen molar-refractivity contribution in [2.45, 2.75) is 32.3 Å². The van der Waals surface area contributed by atoms with Gasteiger partial charge in [0.05, 0.1) is 6.42 Å². The van der Waals surface area contributed by atoms with Crippen LogP contribution in [0.5, 0.6) is 5.75 Å². The number of rotatable bonds is 7. The fourth-order valence-corrected chi connectivity index (χ4v) is 4.51. The molecule has 0 N–H and O–H groups in total. The Morgan fingerprint density at radius 3 is 2.36 bits per heavy atom. The number of amidine groups is 1. The molecule has 2 amide bonds. The molecule has 12 heteroatoms. The van der Waals surface area contributed by atoms with Crippen LogP contribution in [-0.4, -0.2) is 61.0 Å². The number of pyridine rings is 2. The molecule has 2 aliphatic rings. The maximum absolute atomic E-state index is 13.8. The first-order valence-corrected chi connectivity index (χ1v) is 12.8. The van der Waals surface area contributed by atoms with Crippen molar-refractivity contribution in [1.82, 2.24) is 14.9 Å². The van der Waals surface area contributed by atoms with Crippen molar-refractivity contribution in [2.24, 2.45) is 4.99 Å². The molecule has 0 saturated heterocycles. The Labute approximate surface area is 238 Å². The van der Waals surface area contributed by atoms with E-state index in [1.54, 1.807) is 43.6 Å². The van der Waals surface area contributed by atoms with Gasteiger partial charge in [0.2, 0.25) is 5.91 Å². The number of carbonyl (C=O) groups excluding carboxylic acids is 3. The molecule has 1 atom stereocenters. The molecule has 42 heavy (non-hydrogen) atoms. The molecule has 1 aliphatic heterocycles. The average molecular weight is 575 g/mol. The van der Waals surface area contributed by atoms with Crippen LogP contribution in [0.25, 0.3) is 0 Å². The third kappa shape index (κ3) is 6.38. The van der Waals surface area contributed by atoms with Crippen LogP contribution in [0.1, 0.15) is 28.4 Å². The lowest BCUT2D eigenvalue weighted by Gasteiger charge is -2.29. The number of ether oxygens (including phenoxy) is 1. The Morgan fingerprint density at radius 1 is 0.976 bits per heavy atom. The van der Waals surface area contributed by atoms with Crippen LogP contribution in [0.3, 0.4) is 0 Å². The predicted octanol–water partition coefficient (Wildman–Crippen LogP) is 4.37. The highest BCUT2D eigenvalue weighted by molar-refractivity contribution is 6.19. The Morgan fingerprint density at radius 2 is 1.69 bits per heavy atom. The van der Waals surface area contributed by atoms with Crippen LogP contribution in [0.2, 0.25) is 0 Å². The van der Waals surface area contributed by atoms with Gasteiger partial charge in [-0.15, -0.1) is 13.2 Å². The molecule has 3 heterocycles. The van der Waals surface area contributed by atoms with E-state index in [4.69, 9.17) is 0 Å². The number of fused-ring (bicyclic) bond motifs is 1. The van der Waals surface area contributed by atoms with Gasteiger partial charge in [-0.05, 0) is 77.7 Å². The number of hydrogen-bond acceptors (Lipinski definition) is 7. The summed E-state index contributed by atoms with van der Waals surface area (Å²) in [7, 11) is 0. The number of allylic oxidation sites excluding steroid dienone is 4. The van der Waals surface area contributed by atoms with Gasteiger partial charge < -0.3 is 9.64 Å².